The van der Waals surface area contributed by atoms with E-state index in [1.165, 1.54) is 6.07 Å². The highest BCUT2D eigenvalue weighted by Crippen LogP contribution is 2.26. The third kappa shape index (κ3) is 3.45. The van der Waals surface area contributed by atoms with Crippen LogP contribution in [-0.2, 0) is 0 Å². The van der Waals surface area contributed by atoms with Gasteiger partial charge in [0.15, 0.2) is 0 Å². The van der Waals surface area contributed by atoms with Gasteiger partial charge in [-0.2, -0.15) is 5.26 Å². The molecule has 0 aliphatic carbocycles. The number of hydrogen-bond acceptors (Lipinski definition) is 3. The van der Waals surface area contributed by atoms with Crippen molar-refractivity contribution in [2.45, 2.75) is 12.8 Å². The van der Waals surface area contributed by atoms with Crippen LogP contribution in [0.3, 0.4) is 0 Å². The minimum Gasteiger partial charge on any atom is -0.369 e. The Morgan fingerprint density at radius 3 is 2.58 bits per heavy atom. The van der Waals surface area contributed by atoms with Crippen LogP contribution in [0.25, 0.3) is 0 Å². The summed E-state index contributed by atoms with van der Waals surface area (Å²) in [5.41, 5.74) is 1.01. The van der Waals surface area contributed by atoms with Gasteiger partial charge in [-0.1, -0.05) is 0 Å². The highest BCUT2D eigenvalue weighted by molar-refractivity contribution is 5.51. The van der Waals surface area contributed by atoms with E-state index >= 15 is 0 Å². The number of halogens is 1. The Morgan fingerprint density at radius 2 is 2.05 bits per heavy atom. The predicted octanol–water partition coefficient (Wildman–Crippen LogP) is 2.48. The molecule has 0 atom stereocenters. The summed E-state index contributed by atoms with van der Waals surface area (Å²) < 4.78 is 13.9. The van der Waals surface area contributed by atoms with Crippen LogP contribution in [0.2, 0.25) is 0 Å². The maximum Gasteiger partial charge on any atom is 0.147 e. The van der Waals surface area contributed by atoms with E-state index in [0.29, 0.717) is 17.2 Å². The summed E-state index contributed by atoms with van der Waals surface area (Å²) in [6.07, 6.45) is 2.19. The topological polar surface area (TPSA) is 30.3 Å². The Labute approximate surface area is 114 Å². The molecule has 2 rings (SSSR count). The minimum absolute atomic E-state index is 0.287. The molecule has 1 aromatic carbocycles. The molecule has 0 amide bonds. The lowest BCUT2D eigenvalue weighted by Gasteiger charge is -2.34. The van der Waals surface area contributed by atoms with Crippen LogP contribution in [0.1, 0.15) is 18.4 Å². The largest absolute Gasteiger partial charge is 0.369 e. The van der Waals surface area contributed by atoms with Gasteiger partial charge in [0.05, 0.1) is 17.3 Å². The molecule has 0 N–H and O–H groups in total. The van der Waals surface area contributed by atoms with Crippen molar-refractivity contribution in [1.82, 2.24) is 4.90 Å². The van der Waals surface area contributed by atoms with Crippen molar-refractivity contribution < 1.29 is 4.39 Å². The van der Waals surface area contributed by atoms with Crippen LogP contribution in [0.15, 0.2) is 18.2 Å². The SMILES string of the molecule is CN(C)CC1CCN(c2ccc(C#N)cc2F)CC1. The molecule has 0 bridgehead atoms. The molecule has 102 valence electrons. The van der Waals surface area contributed by atoms with Crippen molar-refractivity contribution in [2.24, 2.45) is 5.92 Å². The maximum absolute atomic E-state index is 13.9. The van der Waals surface area contributed by atoms with Crippen LogP contribution in [-0.4, -0.2) is 38.6 Å². The second-order valence-electron chi connectivity index (χ2n) is 5.47. The fourth-order valence-corrected chi connectivity index (χ4v) is 2.71. The van der Waals surface area contributed by atoms with E-state index in [2.05, 4.69) is 23.9 Å². The molecule has 19 heavy (non-hydrogen) atoms. The zero-order valence-corrected chi connectivity index (χ0v) is 11.6. The van der Waals surface area contributed by atoms with E-state index in [1.807, 2.05) is 6.07 Å². The first-order chi connectivity index (χ1) is 9.10. The molecule has 3 nitrogen and oxygen atoms in total. The van der Waals surface area contributed by atoms with Gasteiger partial charge in [0.25, 0.3) is 0 Å². The minimum atomic E-state index is -0.287. The molecule has 0 aromatic heterocycles. The summed E-state index contributed by atoms with van der Waals surface area (Å²) in [5, 5.41) is 8.75. The molecule has 0 spiro atoms. The van der Waals surface area contributed by atoms with Crippen molar-refractivity contribution in [3.05, 3.63) is 29.6 Å². The second kappa shape index (κ2) is 6.03. The maximum atomic E-state index is 13.9. The van der Waals surface area contributed by atoms with Gasteiger partial charge in [-0.15, -0.1) is 0 Å². The van der Waals surface area contributed by atoms with E-state index in [0.717, 1.165) is 32.5 Å². The molecular weight excluding hydrogens is 241 g/mol. The van der Waals surface area contributed by atoms with Crippen LogP contribution in [0.5, 0.6) is 0 Å². The number of piperidine rings is 1. The first kappa shape index (κ1) is 13.8. The van der Waals surface area contributed by atoms with Crippen molar-refractivity contribution in [3.63, 3.8) is 0 Å². The smallest absolute Gasteiger partial charge is 0.147 e. The Balaban J connectivity index is 2.00. The van der Waals surface area contributed by atoms with Gasteiger partial charge in [0.2, 0.25) is 0 Å². The van der Waals surface area contributed by atoms with Gasteiger partial charge >= 0.3 is 0 Å². The van der Waals surface area contributed by atoms with Gasteiger partial charge in [-0.3, -0.25) is 0 Å². The molecule has 0 saturated carbocycles. The first-order valence-electron chi connectivity index (χ1n) is 6.69. The summed E-state index contributed by atoms with van der Waals surface area (Å²) in [7, 11) is 4.18. The molecule has 1 fully saturated rings. The molecule has 4 heteroatoms. The van der Waals surface area contributed by atoms with Crippen molar-refractivity contribution in [2.75, 3.05) is 38.6 Å². The molecule has 1 saturated heterocycles. The highest BCUT2D eigenvalue weighted by atomic mass is 19.1. The number of nitrogens with zero attached hydrogens (tertiary/aromatic N) is 3. The fourth-order valence-electron chi connectivity index (χ4n) is 2.71. The number of hydrogen-bond donors (Lipinski definition) is 0. The summed E-state index contributed by atoms with van der Waals surface area (Å²) >= 11 is 0. The molecule has 1 aliphatic rings. The normalized spacial score (nSPS) is 16.7. The number of rotatable bonds is 3. The average molecular weight is 261 g/mol. The second-order valence-corrected chi connectivity index (χ2v) is 5.47. The number of nitriles is 1. The Morgan fingerprint density at radius 1 is 1.37 bits per heavy atom. The Bertz CT molecular complexity index is 471. The standard InChI is InChI=1S/C15H20FN3/c1-18(2)11-12-5-7-19(8-6-12)15-4-3-13(10-17)9-14(15)16/h3-4,9,12H,5-8,11H2,1-2H3. The van der Waals surface area contributed by atoms with Crippen molar-refractivity contribution in [3.8, 4) is 6.07 Å². The Kier molecular flexibility index (Phi) is 4.39. The zero-order valence-electron chi connectivity index (χ0n) is 11.6. The zero-order chi connectivity index (χ0) is 13.8. The van der Waals surface area contributed by atoms with Gasteiger partial charge in [0.1, 0.15) is 5.82 Å². The van der Waals surface area contributed by atoms with Gasteiger partial charge in [0, 0.05) is 19.6 Å². The van der Waals surface area contributed by atoms with E-state index in [1.54, 1.807) is 12.1 Å². The average Bonchev–Trinajstić information content (AvgIpc) is 2.39. The third-order valence-corrected chi connectivity index (χ3v) is 3.66. The fraction of sp³-hybridized carbons (Fsp3) is 0.533. The van der Waals surface area contributed by atoms with Crippen LogP contribution < -0.4 is 4.90 Å². The number of anilines is 1. The quantitative estimate of drug-likeness (QED) is 0.837. The van der Waals surface area contributed by atoms with Crippen LogP contribution in [0, 0.1) is 23.1 Å². The van der Waals surface area contributed by atoms with E-state index in [-0.39, 0.29) is 5.82 Å². The van der Waals surface area contributed by atoms with Crippen LogP contribution in [0.4, 0.5) is 10.1 Å². The van der Waals surface area contributed by atoms with Crippen LogP contribution >= 0.6 is 0 Å². The lowest BCUT2D eigenvalue weighted by Crippen LogP contribution is -2.37. The molecular formula is C15H20FN3. The molecule has 1 aromatic rings. The lowest BCUT2D eigenvalue weighted by molar-refractivity contribution is 0.284. The van der Waals surface area contributed by atoms with E-state index < -0.39 is 0 Å². The summed E-state index contributed by atoms with van der Waals surface area (Å²) in [6, 6.07) is 6.69. The van der Waals surface area contributed by atoms with Gasteiger partial charge in [-0.05, 0) is 51.1 Å². The summed E-state index contributed by atoms with van der Waals surface area (Å²) in [5.74, 6) is 0.415. The van der Waals surface area contributed by atoms with Gasteiger partial charge in [-0.25, -0.2) is 4.39 Å². The molecule has 1 aliphatic heterocycles. The molecule has 0 unspecified atom stereocenters. The lowest BCUT2D eigenvalue weighted by atomic mass is 9.96. The summed E-state index contributed by atoms with van der Waals surface area (Å²) in [4.78, 5) is 4.30. The summed E-state index contributed by atoms with van der Waals surface area (Å²) in [6.45, 7) is 2.88. The molecule has 1 heterocycles. The van der Waals surface area contributed by atoms with E-state index in [9.17, 15) is 4.39 Å². The first-order valence-corrected chi connectivity index (χ1v) is 6.69. The van der Waals surface area contributed by atoms with Crippen molar-refractivity contribution >= 4 is 5.69 Å². The van der Waals surface area contributed by atoms with Gasteiger partial charge < -0.3 is 9.80 Å². The van der Waals surface area contributed by atoms with E-state index in [4.69, 9.17) is 5.26 Å². The predicted molar refractivity (Wildman–Crippen MR) is 74.6 cm³/mol. The third-order valence-electron chi connectivity index (χ3n) is 3.66. The Hall–Kier alpha value is -1.60. The molecule has 0 radical (unpaired) electrons. The number of benzene rings is 1. The highest BCUT2D eigenvalue weighted by Gasteiger charge is 2.21. The van der Waals surface area contributed by atoms with Crippen molar-refractivity contribution in [1.29, 1.82) is 5.26 Å². The monoisotopic (exact) mass is 261 g/mol.